The Labute approximate surface area is 89.5 Å². The highest BCUT2D eigenvalue weighted by molar-refractivity contribution is 5.44. The molecule has 0 bridgehead atoms. The number of hydrogen-bond acceptors (Lipinski definition) is 4. The van der Waals surface area contributed by atoms with Crippen molar-refractivity contribution in [1.29, 1.82) is 0 Å². The van der Waals surface area contributed by atoms with Crippen molar-refractivity contribution in [3.05, 3.63) is 11.3 Å². The highest BCUT2D eigenvalue weighted by Crippen LogP contribution is 2.23. The lowest BCUT2D eigenvalue weighted by Crippen LogP contribution is -2.30. The summed E-state index contributed by atoms with van der Waals surface area (Å²) in [6.45, 7) is 5.72. The minimum absolute atomic E-state index is 0.0856. The maximum atomic E-state index is 8.88. The Morgan fingerprint density at radius 2 is 2.33 bits per heavy atom. The molecule has 0 spiro atoms. The molecule has 3 N–H and O–H groups in total. The normalized spacial score (nSPS) is 16.7. The molecule has 1 aliphatic rings. The van der Waals surface area contributed by atoms with Crippen molar-refractivity contribution in [3.63, 3.8) is 0 Å². The van der Waals surface area contributed by atoms with Gasteiger partial charge in [0.25, 0.3) is 0 Å². The number of aliphatic hydroxyl groups is 1. The van der Waals surface area contributed by atoms with E-state index in [4.69, 9.17) is 10.8 Å². The summed E-state index contributed by atoms with van der Waals surface area (Å²) in [5.74, 6) is 0.720. The van der Waals surface area contributed by atoms with Gasteiger partial charge < -0.3 is 10.8 Å². The molecule has 0 atom stereocenters. The van der Waals surface area contributed by atoms with Crippen LogP contribution in [0.5, 0.6) is 0 Å². The minimum Gasteiger partial charge on any atom is -0.394 e. The topological polar surface area (TPSA) is 67.3 Å². The molecule has 0 aliphatic carbocycles. The van der Waals surface area contributed by atoms with Crippen LogP contribution in [0.25, 0.3) is 0 Å². The van der Waals surface area contributed by atoms with E-state index in [0.717, 1.165) is 43.1 Å². The van der Waals surface area contributed by atoms with Gasteiger partial charge >= 0.3 is 0 Å². The molecule has 0 radical (unpaired) electrons. The van der Waals surface area contributed by atoms with Crippen LogP contribution in [0, 0.1) is 0 Å². The Morgan fingerprint density at radius 1 is 1.53 bits per heavy atom. The molecule has 0 saturated heterocycles. The number of likely N-dealkylation sites (N-methyl/N-ethyl adjacent to an activating group) is 1. The van der Waals surface area contributed by atoms with Crippen molar-refractivity contribution in [1.82, 2.24) is 14.7 Å². The number of anilines is 1. The van der Waals surface area contributed by atoms with E-state index in [2.05, 4.69) is 16.9 Å². The summed E-state index contributed by atoms with van der Waals surface area (Å²) in [5, 5.41) is 13.3. The quantitative estimate of drug-likeness (QED) is 0.727. The molecule has 0 saturated carbocycles. The van der Waals surface area contributed by atoms with E-state index in [-0.39, 0.29) is 6.61 Å². The van der Waals surface area contributed by atoms with Crippen molar-refractivity contribution >= 4 is 5.82 Å². The zero-order chi connectivity index (χ0) is 10.8. The molecule has 0 aromatic carbocycles. The van der Waals surface area contributed by atoms with E-state index in [1.54, 1.807) is 4.68 Å². The Morgan fingerprint density at radius 3 is 3.00 bits per heavy atom. The molecule has 2 rings (SSSR count). The standard InChI is InChI=1S/C10H18N4O/c1-2-13-4-3-9-8(7-13)10(11)14(12-9)5-6-15/h15H,2-7,11H2,1H3. The fourth-order valence-corrected chi connectivity index (χ4v) is 2.04. The van der Waals surface area contributed by atoms with Gasteiger partial charge in [0.1, 0.15) is 5.82 Å². The first kappa shape index (κ1) is 10.4. The van der Waals surface area contributed by atoms with E-state index >= 15 is 0 Å². The van der Waals surface area contributed by atoms with E-state index < -0.39 is 0 Å². The fraction of sp³-hybridized carbons (Fsp3) is 0.700. The molecule has 2 heterocycles. The highest BCUT2D eigenvalue weighted by Gasteiger charge is 2.22. The summed E-state index contributed by atoms with van der Waals surface area (Å²) in [4.78, 5) is 2.35. The molecule has 15 heavy (non-hydrogen) atoms. The summed E-state index contributed by atoms with van der Waals surface area (Å²) < 4.78 is 1.71. The van der Waals surface area contributed by atoms with Crippen molar-refractivity contribution in [2.75, 3.05) is 25.4 Å². The SMILES string of the molecule is CCN1CCc2nn(CCO)c(N)c2C1. The van der Waals surface area contributed by atoms with Gasteiger partial charge in [0.2, 0.25) is 0 Å². The van der Waals surface area contributed by atoms with Gasteiger partial charge in [-0.15, -0.1) is 0 Å². The van der Waals surface area contributed by atoms with Gasteiger partial charge in [-0.1, -0.05) is 6.92 Å². The molecule has 0 unspecified atom stereocenters. The monoisotopic (exact) mass is 210 g/mol. The Balaban J connectivity index is 2.25. The molecule has 5 nitrogen and oxygen atoms in total. The van der Waals surface area contributed by atoms with Gasteiger partial charge in [0.15, 0.2) is 0 Å². The second-order valence-corrected chi connectivity index (χ2v) is 3.88. The van der Waals surface area contributed by atoms with Crippen LogP contribution >= 0.6 is 0 Å². The lowest BCUT2D eigenvalue weighted by atomic mass is 10.1. The maximum Gasteiger partial charge on any atom is 0.126 e. The van der Waals surface area contributed by atoms with Gasteiger partial charge in [0, 0.05) is 25.1 Å². The minimum atomic E-state index is 0.0856. The zero-order valence-corrected chi connectivity index (χ0v) is 9.11. The van der Waals surface area contributed by atoms with Crippen LogP contribution in [-0.2, 0) is 19.5 Å². The summed E-state index contributed by atoms with van der Waals surface area (Å²) in [5.41, 5.74) is 8.24. The summed E-state index contributed by atoms with van der Waals surface area (Å²) in [7, 11) is 0. The number of fused-ring (bicyclic) bond motifs is 1. The molecule has 0 fully saturated rings. The number of aromatic nitrogens is 2. The van der Waals surface area contributed by atoms with Gasteiger partial charge in [-0.05, 0) is 6.54 Å². The van der Waals surface area contributed by atoms with Crippen LogP contribution in [-0.4, -0.2) is 39.5 Å². The molecular formula is C10H18N4O. The second kappa shape index (κ2) is 4.20. The van der Waals surface area contributed by atoms with Gasteiger partial charge in [-0.3, -0.25) is 4.90 Å². The summed E-state index contributed by atoms with van der Waals surface area (Å²) in [6, 6.07) is 0. The largest absolute Gasteiger partial charge is 0.394 e. The highest BCUT2D eigenvalue weighted by atomic mass is 16.3. The molecular weight excluding hydrogens is 192 g/mol. The lowest BCUT2D eigenvalue weighted by Gasteiger charge is -2.24. The molecule has 84 valence electrons. The maximum absolute atomic E-state index is 8.88. The third-order valence-corrected chi connectivity index (χ3v) is 2.98. The average molecular weight is 210 g/mol. The van der Waals surface area contributed by atoms with Crippen molar-refractivity contribution in [3.8, 4) is 0 Å². The first-order chi connectivity index (χ1) is 7.26. The third kappa shape index (κ3) is 1.85. The zero-order valence-electron chi connectivity index (χ0n) is 9.11. The van der Waals surface area contributed by atoms with Gasteiger partial charge in [0.05, 0.1) is 18.8 Å². The number of rotatable bonds is 3. The smallest absolute Gasteiger partial charge is 0.126 e. The Hall–Kier alpha value is -1.07. The number of nitrogen functional groups attached to an aromatic ring is 1. The van der Waals surface area contributed by atoms with Crippen LogP contribution in [0.15, 0.2) is 0 Å². The van der Waals surface area contributed by atoms with Crippen LogP contribution in [0.3, 0.4) is 0 Å². The average Bonchev–Trinajstić information content (AvgIpc) is 2.56. The van der Waals surface area contributed by atoms with Crippen LogP contribution in [0.1, 0.15) is 18.2 Å². The molecule has 1 aromatic heterocycles. The fourth-order valence-electron chi connectivity index (χ4n) is 2.04. The predicted molar refractivity (Wildman–Crippen MR) is 58.4 cm³/mol. The van der Waals surface area contributed by atoms with E-state index in [0.29, 0.717) is 6.54 Å². The number of aliphatic hydroxyl groups excluding tert-OH is 1. The molecule has 5 heteroatoms. The van der Waals surface area contributed by atoms with Gasteiger partial charge in [-0.2, -0.15) is 5.10 Å². The van der Waals surface area contributed by atoms with Gasteiger partial charge in [-0.25, -0.2) is 4.68 Å². The molecule has 1 aromatic rings. The first-order valence-electron chi connectivity index (χ1n) is 5.43. The molecule has 1 aliphatic heterocycles. The van der Waals surface area contributed by atoms with Crippen LogP contribution in [0.4, 0.5) is 5.82 Å². The first-order valence-corrected chi connectivity index (χ1v) is 5.43. The van der Waals surface area contributed by atoms with Crippen LogP contribution in [0.2, 0.25) is 0 Å². The van der Waals surface area contributed by atoms with Crippen LogP contribution < -0.4 is 5.73 Å². The van der Waals surface area contributed by atoms with Crippen molar-refractivity contribution < 1.29 is 5.11 Å². The lowest BCUT2D eigenvalue weighted by molar-refractivity contribution is 0.266. The second-order valence-electron chi connectivity index (χ2n) is 3.88. The Bertz CT molecular complexity index is 347. The molecule has 0 amide bonds. The summed E-state index contributed by atoms with van der Waals surface area (Å²) >= 11 is 0. The predicted octanol–water partition coefficient (Wildman–Crippen LogP) is -0.164. The number of nitrogens with two attached hydrogens (primary N) is 1. The van der Waals surface area contributed by atoms with E-state index in [1.807, 2.05) is 0 Å². The van der Waals surface area contributed by atoms with E-state index in [1.165, 1.54) is 0 Å². The third-order valence-electron chi connectivity index (χ3n) is 2.98. The van der Waals surface area contributed by atoms with Crippen molar-refractivity contribution in [2.24, 2.45) is 0 Å². The Kier molecular flexibility index (Phi) is 2.93. The number of nitrogens with zero attached hydrogens (tertiary/aromatic N) is 3. The van der Waals surface area contributed by atoms with Crippen molar-refractivity contribution in [2.45, 2.75) is 26.4 Å². The number of hydrogen-bond donors (Lipinski definition) is 2. The van der Waals surface area contributed by atoms with E-state index in [9.17, 15) is 0 Å². The summed E-state index contributed by atoms with van der Waals surface area (Å²) in [6.07, 6.45) is 0.964.